The smallest absolute Gasteiger partial charge is 0.275 e. The number of piperidine rings is 1. The quantitative estimate of drug-likeness (QED) is 0.696. The van der Waals surface area contributed by atoms with Crippen LogP contribution in [0.25, 0.3) is 10.9 Å². The Kier molecular flexibility index (Phi) is 3.73. The Morgan fingerprint density at radius 1 is 1.25 bits per heavy atom. The highest BCUT2D eigenvalue weighted by atomic mass is 16.5. The van der Waals surface area contributed by atoms with Crippen molar-refractivity contribution in [1.82, 2.24) is 19.7 Å². The van der Waals surface area contributed by atoms with Crippen LogP contribution in [0.4, 0.5) is 11.5 Å². The summed E-state index contributed by atoms with van der Waals surface area (Å²) in [4.78, 5) is 23.5. The molecule has 1 saturated heterocycles. The summed E-state index contributed by atoms with van der Waals surface area (Å²) in [7, 11) is 3.40. The molecular formula is C19H21N7O2. The van der Waals surface area contributed by atoms with Gasteiger partial charge in [-0.1, -0.05) is 0 Å². The lowest BCUT2D eigenvalue weighted by Gasteiger charge is -2.19. The second-order valence-electron chi connectivity index (χ2n) is 7.44. The van der Waals surface area contributed by atoms with Crippen molar-refractivity contribution in [2.45, 2.75) is 6.04 Å². The van der Waals surface area contributed by atoms with Gasteiger partial charge in [-0.2, -0.15) is 5.10 Å². The third-order valence-corrected chi connectivity index (χ3v) is 5.64. The second kappa shape index (κ2) is 6.16. The molecule has 0 unspecified atom stereocenters. The first-order valence-corrected chi connectivity index (χ1v) is 9.19. The minimum atomic E-state index is -0.341. The van der Waals surface area contributed by atoms with Crippen molar-refractivity contribution in [2.24, 2.45) is 24.6 Å². The molecule has 0 spiro atoms. The van der Waals surface area contributed by atoms with Crippen molar-refractivity contribution < 1.29 is 9.53 Å². The summed E-state index contributed by atoms with van der Waals surface area (Å²) >= 11 is 0. The minimum Gasteiger partial charge on any atom is -0.494 e. The van der Waals surface area contributed by atoms with Crippen LogP contribution in [0.15, 0.2) is 30.7 Å². The number of hydrogen-bond donors (Lipinski definition) is 2. The van der Waals surface area contributed by atoms with Crippen molar-refractivity contribution in [2.75, 3.05) is 30.4 Å². The van der Waals surface area contributed by atoms with E-state index >= 15 is 0 Å². The zero-order chi connectivity index (χ0) is 19.4. The van der Waals surface area contributed by atoms with Crippen molar-refractivity contribution in [1.29, 1.82) is 0 Å². The van der Waals surface area contributed by atoms with Crippen LogP contribution in [0.1, 0.15) is 10.5 Å². The number of carbonyl (C=O) groups is 1. The third-order valence-electron chi connectivity index (χ3n) is 5.64. The molecule has 9 nitrogen and oxygen atoms in total. The van der Waals surface area contributed by atoms with Crippen molar-refractivity contribution in [3.8, 4) is 5.75 Å². The van der Waals surface area contributed by atoms with E-state index in [1.807, 2.05) is 19.3 Å². The highest BCUT2D eigenvalue weighted by Crippen LogP contribution is 2.44. The Labute approximate surface area is 161 Å². The summed E-state index contributed by atoms with van der Waals surface area (Å²) in [5.74, 6) is 2.12. The fourth-order valence-electron chi connectivity index (χ4n) is 3.99. The fraction of sp³-hybridized carbons (Fsp3) is 0.368. The van der Waals surface area contributed by atoms with Crippen LogP contribution in [0, 0.1) is 11.8 Å². The molecule has 2 aliphatic rings. The lowest BCUT2D eigenvalue weighted by molar-refractivity contribution is 0.102. The van der Waals surface area contributed by atoms with Gasteiger partial charge >= 0.3 is 0 Å². The second-order valence-corrected chi connectivity index (χ2v) is 7.44. The van der Waals surface area contributed by atoms with Crippen molar-refractivity contribution >= 4 is 28.3 Å². The molecule has 3 atom stereocenters. The first kappa shape index (κ1) is 16.9. The molecule has 1 amide bonds. The number of nitrogens with zero attached hydrogens (tertiary/aromatic N) is 5. The average Bonchev–Trinajstić information content (AvgIpc) is 3.05. The standard InChI is InChI=1S/C19H21N7O2/c1-25-7-10-3-14(16(28-2)4-13(10)24-25)23-19(27)15-5-22-17(6-21-15)26-8-11-12(9-26)18(11)20/h3-7,11-12,18H,8-9,20H2,1-2H3,(H,23,27)/t11-,12+,18+. The van der Waals surface area contributed by atoms with E-state index in [0.29, 0.717) is 29.3 Å². The van der Waals surface area contributed by atoms with E-state index in [0.717, 1.165) is 29.8 Å². The highest BCUT2D eigenvalue weighted by Gasteiger charge is 2.53. The van der Waals surface area contributed by atoms with Gasteiger partial charge < -0.3 is 20.7 Å². The number of fused-ring (bicyclic) bond motifs is 2. The van der Waals surface area contributed by atoms with Gasteiger partial charge in [-0.25, -0.2) is 9.97 Å². The summed E-state index contributed by atoms with van der Waals surface area (Å²) in [5, 5.41) is 8.11. The number of nitrogens with one attached hydrogen (secondary N) is 1. The van der Waals surface area contributed by atoms with Gasteiger partial charge in [-0.05, 0) is 17.9 Å². The molecule has 0 radical (unpaired) electrons. The Balaban J connectivity index is 1.33. The number of amides is 1. The highest BCUT2D eigenvalue weighted by molar-refractivity contribution is 6.04. The van der Waals surface area contributed by atoms with E-state index in [-0.39, 0.29) is 11.6 Å². The van der Waals surface area contributed by atoms with Crippen molar-refractivity contribution in [3.05, 3.63) is 36.4 Å². The summed E-state index contributed by atoms with van der Waals surface area (Å²) in [6.07, 6.45) is 5.03. The SMILES string of the molecule is COc1cc2nn(C)cc2cc1NC(=O)c1cnc(N2C[C@@H]3[C@@H](N)[C@@H]3C2)cn1. The van der Waals surface area contributed by atoms with Crippen LogP contribution in [0.5, 0.6) is 5.75 Å². The number of benzene rings is 1. The topological polar surface area (TPSA) is 111 Å². The Morgan fingerprint density at radius 2 is 2.04 bits per heavy atom. The number of rotatable bonds is 4. The summed E-state index contributed by atoms with van der Waals surface area (Å²) in [6, 6.07) is 3.96. The molecule has 0 bridgehead atoms. The molecule has 2 fully saturated rings. The van der Waals surface area contributed by atoms with E-state index in [9.17, 15) is 4.79 Å². The van der Waals surface area contributed by atoms with E-state index in [4.69, 9.17) is 10.5 Å². The van der Waals surface area contributed by atoms with E-state index in [1.54, 1.807) is 24.1 Å². The molecule has 1 aliphatic carbocycles. The van der Waals surface area contributed by atoms with Crippen LogP contribution in [-0.2, 0) is 7.05 Å². The van der Waals surface area contributed by atoms with E-state index < -0.39 is 0 Å². The normalized spacial score (nSPS) is 23.0. The lowest BCUT2D eigenvalue weighted by atomic mass is 10.2. The molecular weight excluding hydrogens is 358 g/mol. The van der Waals surface area contributed by atoms with Gasteiger partial charge in [-0.3, -0.25) is 9.48 Å². The zero-order valence-electron chi connectivity index (χ0n) is 15.7. The molecule has 3 aromatic rings. The van der Waals surface area contributed by atoms with Crippen LogP contribution in [0.3, 0.4) is 0 Å². The molecule has 3 heterocycles. The maximum Gasteiger partial charge on any atom is 0.275 e. The number of aryl methyl sites for hydroxylation is 1. The van der Waals surface area contributed by atoms with Crippen LogP contribution in [0.2, 0.25) is 0 Å². The number of ether oxygens (including phenoxy) is 1. The average molecular weight is 379 g/mol. The van der Waals surface area contributed by atoms with Gasteiger partial charge in [0, 0.05) is 43.8 Å². The van der Waals surface area contributed by atoms with Gasteiger partial charge in [0.05, 0.1) is 30.7 Å². The third kappa shape index (κ3) is 2.75. The molecule has 1 saturated carbocycles. The largest absolute Gasteiger partial charge is 0.494 e. The predicted octanol–water partition coefficient (Wildman–Crippen LogP) is 1.02. The zero-order valence-corrected chi connectivity index (χ0v) is 15.7. The van der Waals surface area contributed by atoms with Gasteiger partial charge in [-0.15, -0.1) is 0 Å². The molecule has 1 aromatic carbocycles. The summed E-state index contributed by atoms with van der Waals surface area (Å²) in [5.41, 5.74) is 7.58. The molecule has 1 aliphatic heterocycles. The van der Waals surface area contributed by atoms with Crippen LogP contribution >= 0.6 is 0 Å². The lowest BCUT2D eigenvalue weighted by Crippen LogP contribution is -2.29. The first-order chi connectivity index (χ1) is 13.5. The summed E-state index contributed by atoms with van der Waals surface area (Å²) in [6.45, 7) is 1.82. The predicted molar refractivity (Wildman–Crippen MR) is 104 cm³/mol. The van der Waals surface area contributed by atoms with E-state index in [2.05, 4.69) is 25.3 Å². The monoisotopic (exact) mass is 379 g/mol. The van der Waals surface area contributed by atoms with Gasteiger partial charge in [0.25, 0.3) is 5.91 Å². The summed E-state index contributed by atoms with van der Waals surface area (Å²) < 4.78 is 7.11. The maximum absolute atomic E-state index is 12.6. The number of anilines is 2. The first-order valence-electron chi connectivity index (χ1n) is 9.19. The number of aromatic nitrogens is 4. The Morgan fingerprint density at radius 3 is 2.71 bits per heavy atom. The molecule has 28 heavy (non-hydrogen) atoms. The number of carbonyl (C=O) groups excluding carboxylic acids is 1. The number of nitrogens with two attached hydrogens (primary N) is 1. The molecule has 5 rings (SSSR count). The van der Waals surface area contributed by atoms with Gasteiger partial charge in [0.2, 0.25) is 0 Å². The molecule has 9 heteroatoms. The Hall–Kier alpha value is -3.20. The fourth-order valence-corrected chi connectivity index (χ4v) is 3.99. The molecule has 2 aromatic heterocycles. The molecule has 3 N–H and O–H groups in total. The molecule has 144 valence electrons. The van der Waals surface area contributed by atoms with E-state index in [1.165, 1.54) is 6.20 Å². The number of methoxy groups -OCH3 is 1. The van der Waals surface area contributed by atoms with Crippen LogP contribution < -0.4 is 20.7 Å². The Bertz CT molecular complexity index is 1050. The van der Waals surface area contributed by atoms with Gasteiger partial charge in [0.1, 0.15) is 17.3 Å². The van der Waals surface area contributed by atoms with Crippen LogP contribution in [-0.4, -0.2) is 51.9 Å². The van der Waals surface area contributed by atoms with Crippen molar-refractivity contribution in [3.63, 3.8) is 0 Å². The van der Waals surface area contributed by atoms with Gasteiger partial charge in [0.15, 0.2) is 0 Å². The minimum absolute atomic E-state index is 0.248. The number of hydrogen-bond acceptors (Lipinski definition) is 7. The maximum atomic E-state index is 12.6.